The molecule has 0 amide bonds. The molecule has 4 rings (SSSR count). The molecule has 1 unspecified atom stereocenters. The van der Waals surface area contributed by atoms with E-state index in [-0.39, 0.29) is 6.04 Å². The highest BCUT2D eigenvalue weighted by Crippen LogP contribution is 2.29. The van der Waals surface area contributed by atoms with Crippen LogP contribution in [0, 0.1) is 5.92 Å². The molecule has 31 heavy (non-hydrogen) atoms. The van der Waals surface area contributed by atoms with Gasteiger partial charge in [0.25, 0.3) is 0 Å². The Kier molecular flexibility index (Phi) is 6.82. The Morgan fingerprint density at radius 3 is 2.29 bits per heavy atom. The van der Waals surface area contributed by atoms with Crippen molar-refractivity contribution in [1.82, 2.24) is 25.1 Å². The van der Waals surface area contributed by atoms with Crippen LogP contribution in [0.4, 0.5) is 5.69 Å². The van der Waals surface area contributed by atoms with Crippen molar-refractivity contribution in [3.63, 3.8) is 0 Å². The largest absolute Gasteiger partial charge is 0.497 e. The molecule has 2 aromatic carbocycles. The summed E-state index contributed by atoms with van der Waals surface area (Å²) in [6, 6.07) is 19.0. The average Bonchev–Trinajstić information content (AvgIpc) is 3.26. The fourth-order valence-corrected chi connectivity index (χ4v) is 4.27. The van der Waals surface area contributed by atoms with Gasteiger partial charge in [0.1, 0.15) is 5.75 Å². The zero-order valence-electron chi connectivity index (χ0n) is 18.7. The zero-order valence-corrected chi connectivity index (χ0v) is 18.7. The van der Waals surface area contributed by atoms with Crippen LogP contribution in [0.25, 0.3) is 0 Å². The van der Waals surface area contributed by atoms with E-state index in [0.29, 0.717) is 12.5 Å². The molecule has 3 aromatic rings. The maximum absolute atomic E-state index is 5.29. The Labute approximate surface area is 184 Å². The van der Waals surface area contributed by atoms with E-state index in [2.05, 4.69) is 75.6 Å². The van der Waals surface area contributed by atoms with Gasteiger partial charge in [-0.05, 0) is 52.6 Å². The predicted molar refractivity (Wildman–Crippen MR) is 122 cm³/mol. The number of anilines is 1. The van der Waals surface area contributed by atoms with Gasteiger partial charge in [-0.15, -0.1) is 5.10 Å². The number of benzene rings is 2. The Bertz CT molecular complexity index is 932. The third-order valence-corrected chi connectivity index (χ3v) is 5.92. The van der Waals surface area contributed by atoms with Crippen molar-refractivity contribution >= 4 is 5.69 Å². The lowest BCUT2D eigenvalue weighted by molar-refractivity contribution is 0.153. The highest BCUT2D eigenvalue weighted by atomic mass is 16.5. The Hall–Kier alpha value is -2.93. The lowest BCUT2D eigenvalue weighted by atomic mass is 10.0. The molecule has 0 saturated carbocycles. The molecule has 1 saturated heterocycles. The second-order valence-electron chi connectivity index (χ2n) is 8.55. The minimum absolute atomic E-state index is 0.219. The molecule has 0 aliphatic carbocycles. The summed E-state index contributed by atoms with van der Waals surface area (Å²) in [5.41, 5.74) is 2.46. The molecule has 1 fully saturated rings. The first-order chi connectivity index (χ1) is 15.1. The second kappa shape index (κ2) is 9.92. The molecule has 0 N–H and O–H groups in total. The summed E-state index contributed by atoms with van der Waals surface area (Å²) in [6.45, 7) is 9.19. The summed E-state index contributed by atoms with van der Waals surface area (Å²) in [7, 11) is 1.70. The third kappa shape index (κ3) is 5.22. The van der Waals surface area contributed by atoms with Gasteiger partial charge in [-0.1, -0.05) is 44.2 Å². The van der Waals surface area contributed by atoms with Crippen LogP contribution in [0.2, 0.25) is 0 Å². The van der Waals surface area contributed by atoms with E-state index in [1.807, 2.05) is 22.9 Å². The molecular weight excluding hydrogens is 388 g/mol. The number of hydrogen-bond acceptors (Lipinski definition) is 6. The highest BCUT2D eigenvalue weighted by molar-refractivity contribution is 5.49. The molecule has 0 spiro atoms. The van der Waals surface area contributed by atoms with Crippen molar-refractivity contribution in [1.29, 1.82) is 0 Å². The van der Waals surface area contributed by atoms with Crippen LogP contribution in [-0.4, -0.2) is 58.4 Å². The van der Waals surface area contributed by atoms with Gasteiger partial charge >= 0.3 is 0 Å². The second-order valence-corrected chi connectivity index (χ2v) is 8.55. The summed E-state index contributed by atoms with van der Waals surface area (Å²) in [6.07, 6.45) is 1.04. The van der Waals surface area contributed by atoms with Gasteiger partial charge < -0.3 is 9.64 Å². The van der Waals surface area contributed by atoms with Crippen LogP contribution >= 0.6 is 0 Å². The Morgan fingerprint density at radius 1 is 0.935 bits per heavy atom. The predicted octanol–water partition coefficient (Wildman–Crippen LogP) is 3.64. The van der Waals surface area contributed by atoms with E-state index in [9.17, 15) is 0 Å². The first-order valence-electron chi connectivity index (χ1n) is 11.1. The minimum Gasteiger partial charge on any atom is -0.497 e. The van der Waals surface area contributed by atoms with Gasteiger partial charge in [-0.2, -0.15) is 0 Å². The van der Waals surface area contributed by atoms with Crippen molar-refractivity contribution in [2.45, 2.75) is 32.9 Å². The van der Waals surface area contributed by atoms with Crippen LogP contribution in [0.1, 0.15) is 37.7 Å². The quantitative estimate of drug-likeness (QED) is 0.555. The smallest absolute Gasteiger partial charge is 0.168 e. The van der Waals surface area contributed by atoms with E-state index in [1.54, 1.807) is 7.11 Å². The number of ether oxygens (including phenoxy) is 1. The standard InChI is InChI=1S/C24H32N6O/c1-19(2)17-23(24-25-26-27-30(24)18-20-7-5-4-6-8-20)29-15-13-28(14-16-29)21-9-11-22(31-3)12-10-21/h4-12,19,23H,13-18H2,1-3H3. The number of hydrogen-bond donors (Lipinski definition) is 0. The lowest BCUT2D eigenvalue weighted by Crippen LogP contribution is -2.48. The summed E-state index contributed by atoms with van der Waals surface area (Å²) < 4.78 is 7.26. The van der Waals surface area contributed by atoms with Gasteiger partial charge in [0.2, 0.25) is 0 Å². The van der Waals surface area contributed by atoms with E-state index in [4.69, 9.17) is 4.74 Å². The van der Waals surface area contributed by atoms with Crippen LogP contribution < -0.4 is 9.64 Å². The first-order valence-corrected chi connectivity index (χ1v) is 11.1. The zero-order chi connectivity index (χ0) is 21.6. The normalized spacial score (nSPS) is 15.9. The van der Waals surface area contributed by atoms with Crippen LogP contribution in [0.15, 0.2) is 54.6 Å². The van der Waals surface area contributed by atoms with Crippen molar-refractivity contribution in [3.05, 3.63) is 66.0 Å². The molecular formula is C24H32N6O. The summed E-state index contributed by atoms with van der Waals surface area (Å²) >= 11 is 0. The first kappa shape index (κ1) is 21.3. The molecule has 7 nitrogen and oxygen atoms in total. The maximum Gasteiger partial charge on any atom is 0.168 e. The number of tetrazole rings is 1. The van der Waals surface area contributed by atoms with Crippen molar-refractivity contribution in [2.75, 3.05) is 38.2 Å². The number of nitrogens with zero attached hydrogens (tertiary/aromatic N) is 6. The van der Waals surface area contributed by atoms with Crippen LogP contribution in [-0.2, 0) is 6.54 Å². The molecule has 0 bridgehead atoms. The van der Waals surface area contributed by atoms with Crippen molar-refractivity contribution in [3.8, 4) is 5.75 Å². The summed E-state index contributed by atoms with van der Waals surface area (Å²) in [5, 5.41) is 12.8. The molecule has 2 heterocycles. The molecule has 1 aliphatic rings. The highest BCUT2D eigenvalue weighted by Gasteiger charge is 2.30. The Balaban J connectivity index is 1.47. The van der Waals surface area contributed by atoms with Crippen molar-refractivity contribution in [2.24, 2.45) is 5.92 Å². The van der Waals surface area contributed by atoms with Crippen molar-refractivity contribution < 1.29 is 4.74 Å². The van der Waals surface area contributed by atoms with Crippen LogP contribution in [0.3, 0.4) is 0 Å². The lowest BCUT2D eigenvalue weighted by Gasteiger charge is -2.40. The van der Waals surface area contributed by atoms with Crippen LogP contribution in [0.5, 0.6) is 5.75 Å². The van der Waals surface area contributed by atoms with Gasteiger partial charge in [0.15, 0.2) is 5.82 Å². The Morgan fingerprint density at radius 2 is 1.65 bits per heavy atom. The fourth-order valence-electron chi connectivity index (χ4n) is 4.27. The van der Waals surface area contributed by atoms with E-state index in [0.717, 1.165) is 44.2 Å². The SMILES string of the molecule is COc1ccc(N2CCN(C(CC(C)C)c3nnnn3Cc3ccccc3)CC2)cc1. The third-order valence-electron chi connectivity index (χ3n) is 5.92. The van der Waals surface area contributed by atoms with Gasteiger partial charge in [0.05, 0.1) is 19.7 Å². The summed E-state index contributed by atoms with van der Waals surface area (Å²) in [4.78, 5) is 4.99. The fraction of sp³-hybridized carbons (Fsp3) is 0.458. The number of rotatable bonds is 8. The molecule has 1 atom stereocenters. The average molecular weight is 421 g/mol. The maximum atomic E-state index is 5.29. The summed E-state index contributed by atoms with van der Waals surface area (Å²) in [5.74, 6) is 2.42. The molecule has 164 valence electrons. The number of piperazine rings is 1. The van der Waals surface area contributed by atoms with Gasteiger partial charge in [0, 0.05) is 31.9 Å². The number of methoxy groups -OCH3 is 1. The van der Waals surface area contributed by atoms with Gasteiger partial charge in [-0.3, -0.25) is 4.90 Å². The topological polar surface area (TPSA) is 59.3 Å². The molecule has 0 radical (unpaired) electrons. The monoisotopic (exact) mass is 420 g/mol. The van der Waals surface area contributed by atoms with E-state index < -0.39 is 0 Å². The molecule has 1 aromatic heterocycles. The number of aromatic nitrogens is 4. The van der Waals surface area contributed by atoms with E-state index >= 15 is 0 Å². The van der Waals surface area contributed by atoms with E-state index in [1.165, 1.54) is 11.3 Å². The van der Waals surface area contributed by atoms with Gasteiger partial charge in [-0.25, -0.2) is 4.68 Å². The minimum atomic E-state index is 0.219. The molecule has 1 aliphatic heterocycles. The molecule has 7 heteroatoms.